The Morgan fingerprint density at radius 3 is 2.62 bits per heavy atom. The van der Waals surface area contributed by atoms with Crippen LogP contribution in [0.1, 0.15) is 20.3 Å². The van der Waals surface area contributed by atoms with Crippen LogP contribution in [0.3, 0.4) is 0 Å². The summed E-state index contributed by atoms with van der Waals surface area (Å²) < 4.78 is 0. The molecule has 0 unspecified atom stereocenters. The highest BCUT2D eigenvalue weighted by Crippen LogP contribution is 2.11. The van der Waals surface area contributed by atoms with Gasteiger partial charge in [0.2, 0.25) is 5.91 Å². The van der Waals surface area contributed by atoms with Gasteiger partial charge in [0, 0.05) is 32.0 Å². The zero-order valence-corrected chi connectivity index (χ0v) is 8.84. The molecule has 1 aliphatic heterocycles. The van der Waals surface area contributed by atoms with E-state index in [4.69, 9.17) is 0 Å². The molecule has 76 valence electrons. The van der Waals surface area contributed by atoms with Crippen LogP contribution in [0.5, 0.6) is 0 Å². The van der Waals surface area contributed by atoms with Crippen molar-refractivity contribution in [3.63, 3.8) is 0 Å². The Balaban J connectivity index is 2.02. The molecule has 1 N–H and O–H groups in total. The highest BCUT2D eigenvalue weighted by molar-refractivity contribution is 5.76. The van der Waals surface area contributed by atoms with E-state index in [1.54, 1.807) is 0 Å². The van der Waals surface area contributed by atoms with Gasteiger partial charge in [0.25, 0.3) is 0 Å². The molecule has 0 bridgehead atoms. The number of nitrogens with zero attached hydrogens (tertiary/aromatic N) is 1. The quantitative estimate of drug-likeness (QED) is 0.698. The molecule has 0 saturated carbocycles. The molecule has 1 rings (SSSR count). The molecule has 3 heteroatoms. The molecule has 0 atom stereocenters. The van der Waals surface area contributed by atoms with Crippen molar-refractivity contribution >= 4 is 5.91 Å². The van der Waals surface area contributed by atoms with Gasteiger partial charge < -0.3 is 10.2 Å². The predicted octanol–water partition coefficient (Wildman–Crippen LogP) is 0.710. The maximum atomic E-state index is 11.3. The van der Waals surface area contributed by atoms with E-state index in [1.807, 2.05) is 0 Å². The smallest absolute Gasteiger partial charge is 0.220 e. The Labute approximate surface area is 80.5 Å². The van der Waals surface area contributed by atoms with Crippen LogP contribution in [0.4, 0.5) is 0 Å². The van der Waals surface area contributed by atoms with Gasteiger partial charge in [-0.25, -0.2) is 0 Å². The molecule has 0 radical (unpaired) electrons. The van der Waals surface area contributed by atoms with Crippen molar-refractivity contribution in [3.05, 3.63) is 0 Å². The van der Waals surface area contributed by atoms with Crippen LogP contribution in [0.25, 0.3) is 0 Å². The van der Waals surface area contributed by atoms with Crippen molar-refractivity contribution in [2.45, 2.75) is 20.3 Å². The molecule has 0 aromatic heterocycles. The van der Waals surface area contributed by atoms with E-state index in [0.29, 0.717) is 18.3 Å². The number of carbonyl (C=O) groups is 1. The lowest BCUT2D eigenvalue weighted by molar-refractivity contribution is -0.122. The van der Waals surface area contributed by atoms with Crippen molar-refractivity contribution < 1.29 is 4.79 Å². The van der Waals surface area contributed by atoms with E-state index >= 15 is 0 Å². The number of hydrogen-bond acceptors (Lipinski definition) is 2. The molecule has 0 aromatic rings. The van der Waals surface area contributed by atoms with Crippen LogP contribution in [0, 0.1) is 11.8 Å². The third-order valence-corrected chi connectivity index (χ3v) is 2.32. The fraction of sp³-hybridized carbons (Fsp3) is 0.900. The van der Waals surface area contributed by atoms with E-state index in [-0.39, 0.29) is 5.91 Å². The second-order valence-corrected chi connectivity index (χ2v) is 4.49. The number of hydrogen-bond donors (Lipinski definition) is 1. The van der Waals surface area contributed by atoms with Crippen LogP contribution in [0.15, 0.2) is 0 Å². The van der Waals surface area contributed by atoms with E-state index in [1.165, 1.54) is 0 Å². The number of rotatable bonds is 4. The second kappa shape index (κ2) is 4.61. The van der Waals surface area contributed by atoms with Crippen molar-refractivity contribution in [1.82, 2.24) is 10.2 Å². The molecule has 1 saturated heterocycles. The van der Waals surface area contributed by atoms with Gasteiger partial charge in [-0.15, -0.1) is 0 Å². The molecule has 3 nitrogen and oxygen atoms in total. The average Bonchev–Trinajstić information content (AvgIpc) is 1.94. The van der Waals surface area contributed by atoms with Gasteiger partial charge >= 0.3 is 0 Å². The van der Waals surface area contributed by atoms with Gasteiger partial charge in [-0.05, 0) is 13.0 Å². The normalized spacial score (nSPS) is 18.8. The predicted molar refractivity (Wildman–Crippen MR) is 53.5 cm³/mol. The van der Waals surface area contributed by atoms with Gasteiger partial charge in [0.05, 0.1) is 0 Å². The molecular formula is C10H20N2O. The van der Waals surface area contributed by atoms with Gasteiger partial charge in [-0.3, -0.25) is 4.79 Å². The number of likely N-dealkylation sites (tertiary alicyclic amines) is 1. The van der Waals surface area contributed by atoms with Crippen LogP contribution >= 0.6 is 0 Å². The first-order valence-electron chi connectivity index (χ1n) is 5.03. The molecule has 0 aromatic carbocycles. The fourth-order valence-corrected chi connectivity index (χ4v) is 1.66. The largest absolute Gasteiger partial charge is 0.356 e. The summed E-state index contributed by atoms with van der Waals surface area (Å²) in [5.74, 6) is 1.34. The minimum atomic E-state index is 0.199. The summed E-state index contributed by atoms with van der Waals surface area (Å²) in [5, 5.41) is 2.97. The van der Waals surface area contributed by atoms with Crippen LogP contribution in [-0.4, -0.2) is 37.5 Å². The lowest BCUT2D eigenvalue weighted by atomic mass is 10.0. The molecule has 13 heavy (non-hydrogen) atoms. The lowest BCUT2D eigenvalue weighted by Crippen LogP contribution is -2.49. The van der Waals surface area contributed by atoms with Crippen LogP contribution < -0.4 is 5.32 Å². The highest BCUT2D eigenvalue weighted by Gasteiger charge is 2.23. The second-order valence-electron chi connectivity index (χ2n) is 4.49. The Morgan fingerprint density at radius 1 is 1.54 bits per heavy atom. The molecule has 1 aliphatic rings. The van der Waals surface area contributed by atoms with Crippen molar-refractivity contribution in [2.24, 2.45) is 11.8 Å². The van der Waals surface area contributed by atoms with E-state index in [2.05, 4.69) is 31.1 Å². The number of amides is 1. The van der Waals surface area contributed by atoms with E-state index in [9.17, 15) is 4.79 Å². The van der Waals surface area contributed by atoms with Gasteiger partial charge in [0.15, 0.2) is 0 Å². The number of carbonyl (C=O) groups excluding carboxylic acids is 1. The molecule has 1 heterocycles. The molecule has 1 amide bonds. The summed E-state index contributed by atoms with van der Waals surface area (Å²) in [6, 6.07) is 0. The third-order valence-electron chi connectivity index (χ3n) is 2.32. The zero-order chi connectivity index (χ0) is 9.84. The first kappa shape index (κ1) is 10.5. The standard InChI is InChI=1S/C10H20N2O/c1-8(2)4-10(13)11-5-9-6-12(3)7-9/h8-9H,4-7H2,1-3H3,(H,11,13). The summed E-state index contributed by atoms with van der Waals surface area (Å²) in [6.07, 6.45) is 0.655. The minimum Gasteiger partial charge on any atom is -0.356 e. The van der Waals surface area contributed by atoms with Crippen molar-refractivity contribution in [2.75, 3.05) is 26.7 Å². The molecule has 0 spiro atoms. The average molecular weight is 184 g/mol. The fourth-order valence-electron chi connectivity index (χ4n) is 1.66. The van der Waals surface area contributed by atoms with E-state index in [0.717, 1.165) is 19.6 Å². The minimum absolute atomic E-state index is 0.199. The molecule has 1 fully saturated rings. The van der Waals surface area contributed by atoms with Gasteiger partial charge in [-0.2, -0.15) is 0 Å². The SMILES string of the molecule is CC(C)CC(=O)NCC1CN(C)C1. The summed E-state index contributed by atoms with van der Waals surface area (Å²) in [6.45, 7) is 7.24. The van der Waals surface area contributed by atoms with Crippen molar-refractivity contribution in [3.8, 4) is 0 Å². The molecular weight excluding hydrogens is 164 g/mol. The third kappa shape index (κ3) is 3.77. The van der Waals surface area contributed by atoms with E-state index < -0.39 is 0 Å². The maximum absolute atomic E-state index is 11.3. The number of nitrogens with one attached hydrogen (secondary N) is 1. The Kier molecular flexibility index (Phi) is 3.72. The zero-order valence-electron chi connectivity index (χ0n) is 8.84. The topological polar surface area (TPSA) is 32.3 Å². The highest BCUT2D eigenvalue weighted by atomic mass is 16.1. The summed E-state index contributed by atoms with van der Waals surface area (Å²) in [5.41, 5.74) is 0. The summed E-state index contributed by atoms with van der Waals surface area (Å²) in [7, 11) is 2.10. The Morgan fingerprint density at radius 2 is 2.15 bits per heavy atom. The molecule has 0 aliphatic carbocycles. The first-order chi connectivity index (χ1) is 6.08. The Bertz CT molecular complexity index is 174. The van der Waals surface area contributed by atoms with Gasteiger partial charge in [0.1, 0.15) is 0 Å². The first-order valence-corrected chi connectivity index (χ1v) is 5.03. The van der Waals surface area contributed by atoms with Crippen LogP contribution in [-0.2, 0) is 4.79 Å². The summed E-state index contributed by atoms with van der Waals surface area (Å²) in [4.78, 5) is 13.5. The lowest BCUT2D eigenvalue weighted by Gasteiger charge is -2.36. The summed E-state index contributed by atoms with van der Waals surface area (Å²) >= 11 is 0. The van der Waals surface area contributed by atoms with Crippen LogP contribution in [0.2, 0.25) is 0 Å². The maximum Gasteiger partial charge on any atom is 0.220 e. The monoisotopic (exact) mass is 184 g/mol. The van der Waals surface area contributed by atoms with Gasteiger partial charge in [-0.1, -0.05) is 13.8 Å². The van der Waals surface area contributed by atoms with Crippen molar-refractivity contribution in [1.29, 1.82) is 0 Å². The Hall–Kier alpha value is -0.570.